The van der Waals surface area contributed by atoms with Gasteiger partial charge in [0.05, 0.1) is 14.2 Å². The minimum atomic E-state index is 0.381. The van der Waals surface area contributed by atoms with Gasteiger partial charge in [-0.05, 0) is 49.3 Å². The van der Waals surface area contributed by atoms with E-state index in [-0.39, 0.29) is 0 Å². The molecule has 0 amide bonds. The number of ether oxygens (including phenoxy) is 2. The second kappa shape index (κ2) is 7.79. The first-order valence-electron chi connectivity index (χ1n) is 7.36. The van der Waals surface area contributed by atoms with Crippen LogP contribution in [0.25, 0.3) is 0 Å². The molecule has 0 aromatic heterocycles. The van der Waals surface area contributed by atoms with Crippen LogP contribution >= 0.6 is 11.8 Å². The van der Waals surface area contributed by atoms with Gasteiger partial charge < -0.3 is 14.8 Å². The lowest BCUT2D eigenvalue weighted by Crippen LogP contribution is -2.29. The van der Waals surface area contributed by atoms with Gasteiger partial charge in [-0.3, -0.25) is 0 Å². The van der Waals surface area contributed by atoms with E-state index in [9.17, 15) is 0 Å². The molecule has 3 nitrogen and oxygen atoms in total. The van der Waals surface area contributed by atoms with E-state index >= 15 is 0 Å². The van der Waals surface area contributed by atoms with Crippen molar-refractivity contribution < 1.29 is 9.47 Å². The molecule has 0 bridgehead atoms. The maximum atomic E-state index is 5.40. The van der Waals surface area contributed by atoms with Crippen LogP contribution in [0.5, 0.6) is 11.5 Å². The third-order valence-corrected chi connectivity index (χ3v) is 5.14. The van der Waals surface area contributed by atoms with Gasteiger partial charge in [0.25, 0.3) is 0 Å². The van der Waals surface area contributed by atoms with Crippen LogP contribution < -0.4 is 14.8 Å². The predicted octanol–water partition coefficient (Wildman–Crippen LogP) is 3.64. The Morgan fingerprint density at radius 3 is 2.45 bits per heavy atom. The van der Waals surface area contributed by atoms with E-state index < -0.39 is 0 Å². The van der Waals surface area contributed by atoms with Crippen molar-refractivity contribution in [1.82, 2.24) is 5.32 Å². The lowest BCUT2D eigenvalue weighted by Gasteiger charge is -2.25. The number of benzene rings is 1. The van der Waals surface area contributed by atoms with Gasteiger partial charge in [0.2, 0.25) is 0 Å². The predicted molar refractivity (Wildman–Crippen MR) is 86.1 cm³/mol. The van der Waals surface area contributed by atoms with Crippen LogP contribution in [0, 0.1) is 0 Å². The molecule has 0 spiro atoms. The molecular formula is C16H25NO2S. The highest BCUT2D eigenvalue weighted by Crippen LogP contribution is 2.38. The van der Waals surface area contributed by atoms with Crippen molar-refractivity contribution in [3.63, 3.8) is 0 Å². The van der Waals surface area contributed by atoms with Gasteiger partial charge in [0.15, 0.2) is 0 Å². The number of nitrogens with one attached hydrogen (secondary N) is 1. The Morgan fingerprint density at radius 1 is 1.25 bits per heavy atom. The van der Waals surface area contributed by atoms with Crippen LogP contribution in [0.15, 0.2) is 18.2 Å². The molecule has 1 saturated heterocycles. The maximum Gasteiger partial charge on any atom is 0.122 e. The minimum Gasteiger partial charge on any atom is -0.497 e. The first-order chi connectivity index (χ1) is 9.78. The molecule has 0 saturated carbocycles. The molecule has 1 heterocycles. The van der Waals surface area contributed by atoms with Gasteiger partial charge >= 0.3 is 0 Å². The fourth-order valence-electron chi connectivity index (χ4n) is 2.64. The molecule has 0 radical (unpaired) electrons. The number of methoxy groups -OCH3 is 2. The summed E-state index contributed by atoms with van der Waals surface area (Å²) in [5.41, 5.74) is 1.27. The Kier molecular flexibility index (Phi) is 6.05. The van der Waals surface area contributed by atoms with Crippen LogP contribution in [-0.2, 0) is 0 Å². The summed E-state index contributed by atoms with van der Waals surface area (Å²) >= 11 is 2.08. The average Bonchev–Trinajstić information content (AvgIpc) is 3.01. The van der Waals surface area contributed by atoms with Gasteiger partial charge in [-0.1, -0.05) is 6.92 Å². The number of hydrogen-bond donors (Lipinski definition) is 1. The Balaban J connectivity index is 2.25. The fraction of sp³-hybridized carbons (Fsp3) is 0.625. The van der Waals surface area contributed by atoms with Gasteiger partial charge in [0.1, 0.15) is 11.5 Å². The van der Waals surface area contributed by atoms with Crippen molar-refractivity contribution in [3.8, 4) is 11.5 Å². The zero-order valence-corrected chi connectivity index (χ0v) is 13.5. The highest BCUT2D eigenvalue weighted by atomic mass is 32.2. The molecule has 1 aromatic rings. The van der Waals surface area contributed by atoms with Crippen LogP contribution in [-0.4, -0.2) is 31.8 Å². The molecule has 1 aromatic carbocycles. The Bertz CT molecular complexity index is 397. The lowest BCUT2D eigenvalue weighted by atomic mass is 10.00. The van der Waals surface area contributed by atoms with E-state index in [2.05, 4.69) is 36.1 Å². The maximum absolute atomic E-state index is 5.40. The van der Waals surface area contributed by atoms with Crippen molar-refractivity contribution >= 4 is 11.8 Å². The quantitative estimate of drug-likeness (QED) is 0.832. The molecule has 1 aliphatic rings. The third-order valence-electron chi connectivity index (χ3n) is 3.68. The van der Waals surface area contributed by atoms with Gasteiger partial charge in [-0.25, -0.2) is 0 Å². The fourth-order valence-corrected chi connectivity index (χ4v) is 4.05. The monoisotopic (exact) mass is 295 g/mol. The summed E-state index contributed by atoms with van der Waals surface area (Å²) in [6.07, 6.45) is 3.75. The smallest absolute Gasteiger partial charge is 0.122 e. The van der Waals surface area contributed by atoms with Crippen molar-refractivity contribution in [2.24, 2.45) is 0 Å². The third kappa shape index (κ3) is 3.83. The zero-order valence-electron chi connectivity index (χ0n) is 12.6. The van der Waals surface area contributed by atoms with Crippen molar-refractivity contribution in [1.29, 1.82) is 0 Å². The summed E-state index contributed by atoms with van der Waals surface area (Å²) in [6.45, 7) is 3.25. The highest BCUT2D eigenvalue weighted by Gasteiger charge is 2.27. The van der Waals surface area contributed by atoms with E-state index in [1.807, 2.05) is 6.07 Å². The summed E-state index contributed by atoms with van der Waals surface area (Å²) in [5.74, 6) is 3.01. The SMILES string of the molecule is CCCNC(c1cc(OC)cc(OC)c1)C1CCCS1. The van der Waals surface area contributed by atoms with Gasteiger partial charge in [-0.15, -0.1) is 0 Å². The summed E-state index contributed by atoms with van der Waals surface area (Å²) in [5, 5.41) is 4.35. The molecule has 1 fully saturated rings. The van der Waals surface area contributed by atoms with Gasteiger partial charge in [0, 0.05) is 17.4 Å². The number of thioether (sulfide) groups is 1. The molecule has 112 valence electrons. The van der Waals surface area contributed by atoms with Crippen molar-refractivity contribution in [2.45, 2.75) is 37.5 Å². The molecule has 20 heavy (non-hydrogen) atoms. The Labute approximate surface area is 126 Å². The lowest BCUT2D eigenvalue weighted by molar-refractivity contribution is 0.390. The second-order valence-corrected chi connectivity index (χ2v) is 6.48. The normalized spacial score (nSPS) is 19.9. The van der Waals surface area contributed by atoms with Crippen LogP contribution in [0.4, 0.5) is 0 Å². The van der Waals surface area contributed by atoms with E-state index in [0.717, 1.165) is 24.5 Å². The van der Waals surface area contributed by atoms with Crippen LogP contribution in [0.1, 0.15) is 37.8 Å². The largest absolute Gasteiger partial charge is 0.497 e. The second-order valence-electron chi connectivity index (χ2n) is 5.13. The highest BCUT2D eigenvalue weighted by molar-refractivity contribution is 8.00. The van der Waals surface area contributed by atoms with Crippen LogP contribution in [0.3, 0.4) is 0 Å². The number of hydrogen-bond acceptors (Lipinski definition) is 4. The summed E-state index contributed by atoms with van der Waals surface area (Å²) in [7, 11) is 3.41. The Morgan fingerprint density at radius 2 is 1.95 bits per heavy atom. The summed E-state index contributed by atoms with van der Waals surface area (Å²) in [4.78, 5) is 0. The standard InChI is InChI=1S/C16H25NO2S/c1-4-7-17-16(15-6-5-8-20-15)12-9-13(18-2)11-14(10-12)19-3/h9-11,15-17H,4-8H2,1-3H3. The van der Waals surface area contributed by atoms with E-state index in [1.54, 1.807) is 14.2 Å². The van der Waals surface area contributed by atoms with E-state index in [0.29, 0.717) is 11.3 Å². The van der Waals surface area contributed by atoms with E-state index in [1.165, 1.54) is 24.2 Å². The molecular weight excluding hydrogens is 270 g/mol. The molecule has 2 atom stereocenters. The molecule has 4 heteroatoms. The molecule has 1 N–H and O–H groups in total. The van der Waals surface area contributed by atoms with Gasteiger partial charge in [-0.2, -0.15) is 11.8 Å². The minimum absolute atomic E-state index is 0.381. The van der Waals surface area contributed by atoms with Crippen LogP contribution in [0.2, 0.25) is 0 Å². The molecule has 0 aliphatic carbocycles. The Hall–Kier alpha value is -0.870. The van der Waals surface area contributed by atoms with Crippen molar-refractivity contribution in [3.05, 3.63) is 23.8 Å². The summed E-state index contributed by atoms with van der Waals surface area (Å²) < 4.78 is 10.8. The van der Waals surface area contributed by atoms with Crippen molar-refractivity contribution in [2.75, 3.05) is 26.5 Å². The zero-order chi connectivity index (χ0) is 14.4. The first kappa shape index (κ1) is 15.5. The molecule has 1 aliphatic heterocycles. The first-order valence-corrected chi connectivity index (χ1v) is 8.41. The van der Waals surface area contributed by atoms with E-state index in [4.69, 9.17) is 9.47 Å². The average molecular weight is 295 g/mol. The topological polar surface area (TPSA) is 30.5 Å². The summed E-state index contributed by atoms with van der Waals surface area (Å²) in [6, 6.07) is 6.58. The molecule has 2 unspecified atom stereocenters. The number of rotatable bonds is 7. The molecule has 2 rings (SSSR count).